The number of amides is 1. The highest BCUT2D eigenvalue weighted by Gasteiger charge is 2.13. The summed E-state index contributed by atoms with van der Waals surface area (Å²) in [5.74, 6) is 0. The summed E-state index contributed by atoms with van der Waals surface area (Å²) in [4.78, 5) is 24.1. The van der Waals surface area contributed by atoms with E-state index in [1.54, 1.807) is 7.05 Å². The van der Waals surface area contributed by atoms with E-state index in [0.29, 0.717) is 0 Å². The maximum atomic E-state index is 11.7. The summed E-state index contributed by atoms with van der Waals surface area (Å²) >= 11 is 0. The van der Waals surface area contributed by atoms with Gasteiger partial charge in [-0.3, -0.25) is 4.79 Å². The normalized spacial score (nSPS) is 9.76. The Bertz CT molecular complexity index is 386. The van der Waals surface area contributed by atoms with E-state index in [2.05, 4.69) is 4.74 Å². The van der Waals surface area contributed by atoms with Crippen molar-refractivity contribution in [1.29, 1.82) is 0 Å². The van der Waals surface area contributed by atoms with Crippen LogP contribution in [0.15, 0.2) is 30.3 Å². The first kappa shape index (κ1) is 14.3. The second kappa shape index (κ2) is 7.52. The van der Waals surface area contributed by atoms with Crippen LogP contribution in [0.2, 0.25) is 0 Å². The Balaban J connectivity index is 2.40. The number of carbonyl (C=O) groups is 2. The van der Waals surface area contributed by atoms with Gasteiger partial charge in [-0.1, -0.05) is 18.2 Å². The van der Waals surface area contributed by atoms with Crippen LogP contribution in [-0.2, 0) is 4.74 Å². The van der Waals surface area contributed by atoms with Crippen molar-refractivity contribution in [2.45, 2.75) is 0 Å². The third-order valence-electron chi connectivity index (χ3n) is 1.79. The van der Waals surface area contributed by atoms with Crippen molar-refractivity contribution in [2.75, 3.05) is 19.1 Å². The predicted molar refractivity (Wildman–Crippen MR) is 75.4 cm³/mol. The smallest absolute Gasteiger partial charge is 0.378 e. The van der Waals surface area contributed by atoms with Crippen LogP contribution in [0.3, 0.4) is 0 Å². The molecule has 0 bridgehead atoms. The zero-order valence-corrected chi connectivity index (χ0v) is 11.7. The Labute approximate surface area is 111 Å². The molecule has 1 aromatic carbocycles. The highest BCUT2D eigenvalue weighted by atomic mass is 33.5. The van der Waals surface area contributed by atoms with Gasteiger partial charge in [0.25, 0.3) is 5.24 Å². The Morgan fingerprint density at radius 2 is 1.82 bits per heavy atom. The number of anilines is 1. The number of nitrogens with zero attached hydrogens (tertiary/aromatic N) is 1. The first-order valence-corrected chi connectivity index (χ1v) is 8.05. The molecule has 0 fully saturated rings. The first-order chi connectivity index (χ1) is 8.15. The molecule has 0 unspecified atom stereocenters. The fourth-order valence-corrected chi connectivity index (χ4v) is 3.67. The minimum Gasteiger partial charge on any atom is -0.460 e. The van der Waals surface area contributed by atoms with Crippen molar-refractivity contribution >= 4 is 47.6 Å². The van der Waals surface area contributed by atoms with E-state index in [4.69, 9.17) is 0 Å². The average Bonchev–Trinajstić information content (AvgIpc) is 2.38. The SMILES string of the molecule is COC(=O)SSSC(=O)N(C)c1ccccc1. The van der Waals surface area contributed by atoms with Gasteiger partial charge < -0.3 is 9.64 Å². The molecule has 92 valence electrons. The fourth-order valence-electron chi connectivity index (χ4n) is 0.921. The zero-order valence-electron chi connectivity index (χ0n) is 9.28. The predicted octanol–water partition coefficient (Wildman–Crippen LogP) is 4.04. The molecule has 0 aliphatic heterocycles. The van der Waals surface area contributed by atoms with E-state index in [1.165, 1.54) is 12.0 Å². The van der Waals surface area contributed by atoms with Crippen molar-refractivity contribution in [2.24, 2.45) is 0 Å². The van der Waals surface area contributed by atoms with E-state index < -0.39 is 5.30 Å². The van der Waals surface area contributed by atoms with Gasteiger partial charge in [-0.2, -0.15) is 0 Å². The van der Waals surface area contributed by atoms with Crippen LogP contribution >= 0.6 is 31.4 Å². The summed E-state index contributed by atoms with van der Waals surface area (Å²) in [5.41, 5.74) is 0.814. The van der Waals surface area contributed by atoms with Crippen LogP contribution in [0.5, 0.6) is 0 Å². The van der Waals surface area contributed by atoms with Crippen molar-refractivity contribution in [3.8, 4) is 0 Å². The van der Waals surface area contributed by atoms with Crippen molar-refractivity contribution in [1.82, 2.24) is 0 Å². The van der Waals surface area contributed by atoms with Gasteiger partial charge in [0.2, 0.25) is 0 Å². The number of carbonyl (C=O) groups excluding carboxylic acids is 2. The molecule has 0 aliphatic rings. The molecule has 1 rings (SSSR count). The van der Waals surface area contributed by atoms with Crippen molar-refractivity contribution < 1.29 is 14.3 Å². The van der Waals surface area contributed by atoms with E-state index in [-0.39, 0.29) is 5.24 Å². The van der Waals surface area contributed by atoms with E-state index in [0.717, 1.165) is 37.1 Å². The molecule has 0 atom stereocenters. The van der Waals surface area contributed by atoms with Crippen molar-refractivity contribution in [3.05, 3.63) is 30.3 Å². The van der Waals surface area contributed by atoms with E-state index in [1.807, 2.05) is 30.3 Å². The molecule has 0 heterocycles. The second-order valence-corrected chi connectivity index (χ2v) is 6.63. The summed E-state index contributed by atoms with van der Waals surface area (Å²) in [6.07, 6.45) is 0. The molecule has 0 aliphatic carbocycles. The molecule has 7 heteroatoms. The summed E-state index contributed by atoms with van der Waals surface area (Å²) in [6, 6.07) is 9.30. The molecule has 0 saturated heterocycles. The average molecular weight is 289 g/mol. The summed E-state index contributed by atoms with van der Waals surface area (Å²) in [5, 5.41) is -0.560. The van der Waals surface area contributed by atoms with Crippen LogP contribution < -0.4 is 4.90 Å². The highest BCUT2D eigenvalue weighted by Crippen LogP contribution is 2.37. The minimum absolute atomic E-state index is 0.141. The molecule has 1 aromatic rings. The molecule has 0 spiro atoms. The maximum absolute atomic E-state index is 11.7. The number of hydrogen-bond acceptors (Lipinski definition) is 6. The van der Waals surface area contributed by atoms with Gasteiger partial charge in [0.1, 0.15) is 0 Å². The highest BCUT2D eigenvalue weighted by molar-refractivity contribution is 9.14. The standard InChI is InChI=1S/C10H11NO3S3/c1-11(8-6-4-3-5-7-8)9(12)15-17-16-10(13)14-2/h3-7H,1-2H3. The lowest BCUT2D eigenvalue weighted by molar-refractivity contribution is 0.200. The minimum atomic E-state index is -0.419. The molecular weight excluding hydrogens is 278 g/mol. The van der Waals surface area contributed by atoms with Gasteiger partial charge in [-0.05, 0) is 22.0 Å². The number of para-hydroxylation sites is 1. The van der Waals surface area contributed by atoms with E-state index in [9.17, 15) is 9.59 Å². The van der Waals surface area contributed by atoms with Crippen LogP contribution in [0, 0.1) is 0 Å². The van der Waals surface area contributed by atoms with Gasteiger partial charge in [0, 0.05) is 34.3 Å². The third-order valence-corrected chi connectivity index (χ3v) is 5.12. The third kappa shape index (κ3) is 4.93. The molecule has 0 radical (unpaired) electrons. The fraction of sp³-hybridized carbons (Fsp3) is 0.200. The Morgan fingerprint density at radius 1 is 1.18 bits per heavy atom. The molecule has 0 saturated carbocycles. The Morgan fingerprint density at radius 3 is 2.41 bits per heavy atom. The quantitative estimate of drug-likeness (QED) is 0.618. The lowest BCUT2D eigenvalue weighted by atomic mass is 10.3. The molecule has 1 amide bonds. The van der Waals surface area contributed by atoms with Gasteiger partial charge in [-0.25, -0.2) is 4.79 Å². The van der Waals surface area contributed by atoms with Gasteiger partial charge in [-0.15, -0.1) is 0 Å². The summed E-state index contributed by atoms with van der Waals surface area (Å²) in [6.45, 7) is 0. The number of hydrogen-bond donors (Lipinski definition) is 0. The maximum Gasteiger partial charge on any atom is 0.378 e. The van der Waals surface area contributed by atoms with Crippen LogP contribution in [0.1, 0.15) is 0 Å². The Hall–Kier alpha value is -0.790. The lowest BCUT2D eigenvalue weighted by Gasteiger charge is -2.15. The molecule has 0 aromatic heterocycles. The second-order valence-electron chi connectivity index (χ2n) is 2.85. The molecule has 0 N–H and O–H groups in total. The largest absolute Gasteiger partial charge is 0.460 e. The topological polar surface area (TPSA) is 46.6 Å². The first-order valence-electron chi connectivity index (χ1n) is 4.57. The number of methoxy groups -OCH3 is 1. The number of ether oxygens (including phenoxy) is 1. The molecule has 4 nitrogen and oxygen atoms in total. The van der Waals surface area contributed by atoms with Crippen LogP contribution in [0.4, 0.5) is 15.3 Å². The summed E-state index contributed by atoms with van der Waals surface area (Å²) in [7, 11) is 5.95. The Kier molecular flexibility index (Phi) is 6.31. The molecular formula is C10H11NO3S3. The molecule has 17 heavy (non-hydrogen) atoms. The van der Waals surface area contributed by atoms with E-state index >= 15 is 0 Å². The lowest BCUT2D eigenvalue weighted by Crippen LogP contribution is -2.20. The summed E-state index contributed by atoms with van der Waals surface area (Å²) < 4.78 is 4.44. The van der Waals surface area contributed by atoms with Gasteiger partial charge in [0.05, 0.1) is 7.11 Å². The monoisotopic (exact) mass is 289 g/mol. The van der Waals surface area contributed by atoms with Crippen LogP contribution in [0.25, 0.3) is 0 Å². The zero-order chi connectivity index (χ0) is 12.7. The van der Waals surface area contributed by atoms with Crippen LogP contribution in [-0.4, -0.2) is 24.7 Å². The number of benzene rings is 1. The number of rotatable bonds is 3. The van der Waals surface area contributed by atoms with Crippen molar-refractivity contribution in [3.63, 3.8) is 0 Å². The van der Waals surface area contributed by atoms with Gasteiger partial charge in [0.15, 0.2) is 0 Å². The van der Waals surface area contributed by atoms with Gasteiger partial charge >= 0.3 is 5.30 Å².